The highest BCUT2D eigenvalue weighted by atomic mass is 79.9. The van der Waals surface area contributed by atoms with Gasteiger partial charge in [-0.25, -0.2) is 13.8 Å². The van der Waals surface area contributed by atoms with Crippen molar-refractivity contribution in [1.29, 1.82) is 0 Å². The number of nitrogens with zero attached hydrogens (tertiary/aromatic N) is 1. The van der Waals surface area contributed by atoms with Crippen LogP contribution in [0.1, 0.15) is 10.4 Å². The molecule has 3 nitrogen and oxygen atoms in total. The van der Waals surface area contributed by atoms with Gasteiger partial charge in [0.05, 0.1) is 15.7 Å². The van der Waals surface area contributed by atoms with Gasteiger partial charge in [0.15, 0.2) is 0 Å². The first-order valence-corrected chi connectivity index (χ1v) is 5.84. The van der Waals surface area contributed by atoms with Gasteiger partial charge < -0.3 is 5.32 Å². The molecule has 0 bridgehead atoms. The van der Waals surface area contributed by atoms with E-state index < -0.39 is 23.5 Å². The summed E-state index contributed by atoms with van der Waals surface area (Å²) in [6, 6.07) is 3.92. The minimum atomic E-state index is -0.795. The molecule has 1 aromatic heterocycles. The Morgan fingerprint density at radius 2 is 1.89 bits per heavy atom. The van der Waals surface area contributed by atoms with E-state index in [-0.39, 0.29) is 15.7 Å². The zero-order chi connectivity index (χ0) is 14.0. The Kier molecular flexibility index (Phi) is 3.84. The summed E-state index contributed by atoms with van der Waals surface area (Å²) in [5.74, 6) is -2.96. The fraction of sp³-hybridized carbons (Fsp3) is 0. The molecule has 0 unspecified atom stereocenters. The smallest absolute Gasteiger partial charge is 0.257 e. The number of amides is 1. The van der Waals surface area contributed by atoms with Crippen molar-refractivity contribution in [1.82, 2.24) is 4.98 Å². The summed E-state index contributed by atoms with van der Waals surface area (Å²) in [6.45, 7) is 0. The molecule has 0 saturated heterocycles. The maximum Gasteiger partial charge on any atom is 0.257 e. The molecule has 0 saturated carbocycles. The molecule has 1 N–H and O–H groups in total. The molecule has 98 valence electrons. The van der Waals surface area contributed by atoms with Gasteiger partial charge in [0, 0.05) is 12.3 Å². The third-order valence-electron chi connectivity index (χ3n) is 2.25. The standard InChI is InChI=1S/C12H6BrF3N2O/c13-7-3-9(15)10(4-8(7)14)18-12(19)6-1-2-11(16)17-5-6/h1-5H,(H,18,19). The Hall–Kier alpha value is -1.89. The van der Waals surface area contributed by atoms with Gasteiger partial charge in [-0.05, 0) is 34.1 Å². The van der Waals surface area contributed by atoms with Crippen LogP contribution in [0, 0.1) is 17.6 Å². The quantitative estimate of drug-likeness (QED) is 0.676. The zero-order valence-corrected chi connectivity index (χ0v) is 10.8. The number of hydrogen-bond acceptors (Lipinski definition) is 2. The van der Waals surface area contributed by atoms with Crippen LogP contribution in [-0.2, 0) is 0 Å². The highest BCUT2D eigenvalue weighted by Gasteiger charge is 2.12. The van der Waals surface area contributed by atoms with Crippen molar-refractivity contribution in [3.63, 3.8) is 0 Å². The molecule has 0 aliphatic carbocycles. The molecular weight excluding hydrogens is 325 g/mol. The van der Waals surface area contributed by atoms with E-state index in [4.69, 9.17) is 0 Å². The second-order valence-electron chi connectivity index (χ2n) is 3.57. The normalized spacial score (nSPS) is 10.3. The van der Waals surface area contributed by atoms with Gasteiger partial charge in [0.1, 0.15) is 11.6 Å². The molecule has 7 heteroatoms. The Morgan fingerprint density at radius 3 is 2.53 bits per heavy atom. The molecule has 0 fully saturated rings. The van der Waals surface area contributed by atoms with E-state index in [9.17, 15) is 18.0 Å². The fourth-order valence-electron chi connectivity index (χ4n) is 1.32. The highest BCUT2D eigenvalue weighted by Crippen LogP contribution is 2.23. The predicted molar refractivity (Wildman–Crippen MR) is 66.2 cm³/mol. The lowest BCUT2D eigenvalue weighted by atomic mass is 10.2. The summed E-state index contributed by atoms with van der Waals surface area (Å²) in [4.78, 5) is 15.0. The zero-order valence-electron chi connectivity index (χ0n) is 9.25. The molecule has 2 rings (SSSR count). The number of halogens is 4. The number of benzene rings is 1. The van der Waals surface area contributed by atoms with Gasteiger partial charge in [-0.2, -0.15) is 4.39 Å². The molecule has 1 amide bonds. The Labute approximate surface area is 114 Å². The summed E-state index contributed by atoms with van der Waals surface area (Å²) >= 11 is 2.82. The van der Waals surface area contributed by atoms with Crippen LogP contribution >= 0.6 is 15.9 Å². The van der Waals surface area contributed by atoms with Crippen molar-refractivity contribution < 1.29 is 18.0 Å². The first kappa shape index (κ1) is 13.5. The Morgan fingerprint density at radius 1 is 1.16 bits per heavy atom. The van der Waals surface area contributed by atoms with Crippen LogP contribution in [0.4, 0.5) is 18.9 Å². The van der Waals surface area contributed by atoms with E-state index in [1.165, 1.54) is 6.07 Å². The number of rotatable bonds is 2. The van der Waals surface area contributed by atoms with Crippen molar-refractivity contribution in [2.45, 2.75) is 0 Å². The SMILES string of the molecule is O=C(Nc1cc(F)c(Br)cc1F)c1ccc(F)nc1. The second-order valence-corrected chi connectivity index (χ2v) is 4.42. The third kappa shape index (κ3) is 3.11. The second kappa shape index (κ2) is 5.40. The molecule has 0 radical (unpaired) electrons. The van der Waals surface area contributed by atoms with Crippen LogP contribution < -0.4 is 5.32 Å². The van der Waals surface area contributed by atoms with Crippen LogP contribution in [0.2, 0.25) is 0 Å². The summed E-state index contributed by atoms with van der Waals surface area (Å²) in [7, 11) is 0. The number of carbonyl (C=O) groups excluding carboxylic acids is 1. The van der Waals surface area contributed by atoms with Gasteiger partial charge in [-0.1, -0.05) is 0 Å². The van der Waals surface area contributed by atoms with Gasteiger partial charge in [0.2, 0.25) is 5.95 Å². The monoisotopic (exact) mass is 330 g/mol. The highest BCUT2D eigenvalue weighted by molar-refractivity contribution is 9.10. The van der Waals surface area contributed by atoms with Gasteiger partial charge in [0.25, 0.3) is 5.91 Å². The molecule has 1 heterocycles. The number of nitrogens with one attached hydrogen (secondary N) is 1. The van der Waals surface area contributed by atoms with Crippen LogP contribution in [0.25, 0.3) is 0 Å². The molecular formula is C12H6BrF3N2O. The first-order valence-electron chi connectivity index (χ1n) is 5.05. The average molecular weight is 331 g/mol. The van der Waals surface area contributed by atoms with Crippen LogP contribution in [0.15, 0.2) is 34.9 Å². The molecule has 0 aliphatic heterocycles. The first-order chi connectivity index (χ1) is 8.97. The maximum atomic E-state index is 13.5. The minimum absolute atomic E-state index is 0.0316. The van der Waals surface area contributed by atoms with E-state index in [1.54, 1.807) is 0 Å². The number of anilines is 1. The Balaban J connectivity index is 2.24. The summed E-state index contributed by atoms with van der Waals surface area (Å²) in [6.07, 6.45) is 0.998. The van der Waals surface area contributed by atoms with E-state index in [0.29, 0.717) is 0 Å². The van der Waals surface area contributed by atoms with Gasteiger partial charge in [-0.15, -0.1) is 0 Å². The fourth-order valence-corrected chi connectivity index (χ4v) is 1.64. The number of hydrogen-bond donors (Lipinski definition) is 1. The van der Waals surface area contributed by atoms with Crippen molar-refractivity contribution >= 4 is 27.5 Å². The van der Waals surface area contributed by atoms with Crippen molar-refractivity contribution in [3.05, 3.63) is 58.1 Å². The predicted octanol–water partition coefficient (Wildman–Crippen LogP) is 3.51. The lowest BCUT2D eigenvalue weighted by molar-refractivity contribution is 0.102. The minimum Gasteiger partial charge on any atom is -0.319 e. The third-order valence-corrected chi connectivity index (χ3v) is 2.86. The van der Waals surface area contributed by atoms with Gasteiger partial charge >= 0.3 is 0 Å². The molecule has 19 heavy (non-hydrogen) atoms. The van der Waals surface area contributed by atoms with E-state index in [2.05, 4.69) is 26.2 Å². The topological polar surface area (TPSA) is 42.0 Å². The summed E-state index contributed by atoms with van der Waals surface area (Å²) in [5.41, 5.74) is -0.279. The van der Waals surface area contributed by atoms with Crippen LogP contribution in [0.3, 0.4) is 0 Å². The lowest BCUT2D eigenvalue weighted by Gasteiger charge is -2.07. The summed E-state index contributed by atoms with van der Waals surface area (Å²) in [5, 5.41) is 2.18. The molecule has 2 aromatic rings. The van der Waals surface area contributed by atoms with Crippen molar-refractivity contribution in [2.75, 3.05) is 5.32 Å². The van der Waals surface area contributed by atoms with Crippen LogP contribution in [-0.4, -0.2) is 10.9 Å². The summed E-state index contributed by atoms with van der Waals surface area (Å²) < 4.78 is 39.3. The van der Waals surface area contributed by atoms with Crippen molar-refractivity contribution in [3.8, 4) is 0 Å². The van der Waals surface area contributed by atoms with Crippen molar-refractivity contribution in [2.24, 2.45) is 0 Å². The van der Waals surface area contributed by atoms with Gasteiger partial charge in [-0.3, -0.25) is 4.79 Å². The maximum absolute atomic E-state index is 13.5. The molecule has 0 aliphatic rings. The number of carbonyl (C=O) groups is 1. The number of pyridine rings is 1. The lowest BCUT2D eigenvalue weighted by Crippen LogP contribution is -2.13. The Bertz CT molecular complexity index is 632. The average Bonchev–Trinajstić information content (AvgIpc) is 2.36. The van der Waals surface area contributed by atoms with E-state index in [0.717, 1.165) is 24.4 Å². The molecule has 0 spiro atoms. The number of aromatic nitrogens is 1. The molecule has 0 atom stereocenters. The van der Waals surface area contributed by atoms with Crippen LogP contribution in [0.5, 0.6) is 0 Å². The van der Waals surface area contributed by atoms with E-state index in [1.807, 2.05) is 0 Å². The molecule has 1 aromatic carbocycles. The largest absolute Gasteiger partial charge is 0.319 e. The van der Waals surface area contributed by atoms with E-state index >= 15 is 0 Å².